The molecule has 1 N–H and O–H groups in total. The lowest BCUT2D eigenvalue weighted by Crippen LogP contribution is -2.46. The number of methoxy groups -OCH3 is 1. The Morgan fingerprint density at radius 3 is 2.56 bits per heavy atom. The minimum absolute atomic E-state index is 0.308. The SMILES string of the molecule is CCC1CCCC(C(O)C(C)(CC)OC)C1. The van der Waals surface area contributed by atoms with Crippen molar-refractivity contribution in [3.05, 3.63) is 0 Å². The van der Waals surface area contributed by atoms with E-state index in [1.807, 2.05) is 6.92 Å². The Morgan fingerprint density at radius 1 is 1.38 bits per heavy atom. The van der Waals surface area contributed by atoms with Crippen molar-refractivity contribution < 1.29 is 9.84 Å². The van der Waals surface area contributed by atoms with Gasteiger partial charge in [0.2, 0.25) is 0 Å². The molecule has 0 heterocycles. The standard InChI is InChI=1S/C14H28O2/c1-5-11-8-7-9-12(10-11)13(15)14(3,6-2)16-4/h11-13,15H,5-10H2,1-4H3. The maximum absolute atomic E-state index is 10.5. The summed E-state index contributed by atoms with van der Waals surface area (Å²) in [6.45, 7) is 6.38. The molecule has 0 bridgehead atoms. The number of aliphatic hydroxyl groups excluding tert-OH is 1. The number of hydrogen-bond donors (Lipinski definition) is 1. The first kappa shape index (κ1) is 14.0. The highest BCUT2D eigenvalue weighted by Gasteiger charge is 2.38. The van der Waals surface area contributed by atoms with E-state index in [1.54, 1.807) is 7.11 Å². The Balaban J connectivity index is 2.61. The lowest BCUT2D eigenvalue weighted by molar-refractivity contribution is -0.122. The molecule has 2 nitrogen and oxygen atoms in total. The van der Waals surface area contributed by atoms with Crippen molar-refractivity contribution in [3.63, 3.8) is 0 Å². The van der Waals surface area contributed by atoms with Crippen molar-refractivity contribution in [2.45, 2.75) is 71.0 Å². The summed E-state index contributed by atoms with van der Waals surface area (Å²) in [6.07, 6.45) is 6.76. The Hall–Kier alpha value is -0.0800. The Morgan fingerprint density at radius 2 is 2.06 bits per heavy atom. The predicted octanol–water partition coefficient (Wildman–Crippen LogP) is 3.38. The van der Waals surface area contributed by atoms with Crippen LogP contribution in [0.4, 0.5) is 0 Å². The van der Waals surface area contributed by atoms with Crippen LogP contribution in [0.25, 0.3) is 0 Å². The molecule has 0 saturated heterocycles. The van der Waals surface area contributed by atoms with Gasteiger partial charge < -0.3 is 9.84 Å². The first-order valence-corrected chi connectivity index (χ1v) is 6.80. The highest BCUT2D eigenvalue weighted by molar-refractivity contribution is 4.89. The maximum Gasteiger partial charge on any atom is 0.0908 e. The third-order valence-corrected chi connectivity index (χ3v) is 4.64. The van der Waals surface area contributed by atoms with Crippen LogP contribution in [0.1, 0.15) is 59.3 Å². The lowest BCUT2D eigenvalue weighted by atomic mass is 9.73. The Kier molecular flexibility index (Phi) is 5.26. The van der Waals surface area contributed by atoms with Gasteiger partial charge in [0.25, 0.3) is 0 Å². The highest BCUT2D eigenvalue weighted by atomic mass is 16.5. The van der Waals surface area contributed by atoms with Crippen LogP contribution in [0, 0.1) is 11.8 Å². The van der Waals surface area contributed by atoms with Crippen LogP contribution in [-0.2, 0) is 4.74 Å². The summed E-state index contributed by atoms with van der Waals surface area (Å²) in [5.74, 6) is 1.25. The Bertz CT molecular complexity index is 199. The van der Waals surface area contributed by atoms with E-state index in [1.165, 1.54) is 25.7 Å². The van der Waals surface area contributed by atoms with Crippen molar-refractivity contribution in [3.8, 4) is 0 Å². The van der Waals surface area contributed by atoms with Gasteiger partial charge in [-0.25, -0.2) is 0 Å². The summed E-state index contributed by atoms with van der Waals surface area (Å²) < 4.78 is 5.52. The molecule has 1 fully saturated rings. The van der Waals surface area contributed by atoms with E-state index in [0.29, 0.717) is 5.92 Å². The summed E-state index contributed by atoms with van der Waals surface area (Å²) in [5.41, 5.74) is -0.361. The monoisotopic (exact) mass is 228 g/mol. The largest absolute Gasteiger partial charge is 0.390 e. The smallest absolute Gasteiger partial charge is 0.0908 e. The molecular formula is C14H28O2. The topological polar surface area (TPSA) is 29.5 Å². The molecule has 4 atom stereocenters. The van der Waals surface area contributed by atoms with E-state index in [9.17, 15) is 5.11 Å². The van der Waals surface area contributed by atoms with Crippen LogP contribution >= 0.6 is 0 Å². The lowest BCUT2D eigenvalue weighted by Gasteiger charge is -2.40. The summed E-state index contributed by atoms with van der Waals surface area (Å²) >= 11 is 0. The van der Waals surface area contributed by atoms with E-state index in [-0.39, 0.29) is 11.7 Å². The van der Waals surface area contributed by atoms with Crippen molar-refractivity contribution >= 4 is 0 Å². The van der Waals surface area contributed by atoms with Gasteiger partial charge in [-0.15, -0.1) is 0 Å². The third-order valence-electron chi connectivity index (χ3n) is 4.64. The molecule has 2 heteroatoms. The quantitative estimate of drug-likeness (QED) is 0.781. The molecular weight excluding hydrogens is 200 g/mol. The second kappa shape index (κ2) is 6.02. The summed E-state index contributed by atoms with van der Waals surface area (Å²) in [6, 6.07) is 0. The van der Waals surface area contributed by atoms with E-state index in [4.69, 9.17) is 4.74 Å². The molecule has 0 aromatic carbocycles. The van der Waals surface area contributed by atoms with Crippen LogP contribution in [0.3, 0.4) is 0 Å². The molecule has 0 radical (unpaired) electrons. The number of rotatable bonds is 5. The number of ether oxygens (including phenoxy) is 1. The van der Waals surface area contributed by atoms with Crippen molar-refractivity contribution in [2.75, 3.05) is 7.11 Å². The summed E-state index contributed by atoms with van der Waals surface area (Å²) in [4.78, 5) is 0. The van der Waals surface area contributed by atoms with Gasteiger partial charge in [-0.2, -0.15) is 0 Å². The molecule has 0 amide bonds. The van der Waals surface area contributed by atoms with Crippen LogP contribution in [0.2, 0.25) is 0 Å². The van der Waals surface area contributed by atoms with Gasteiger partial charge in [0.1, 0.15) is 0 Å². The molecule has 1 aliphatic carbocycles. The first-order chi connectivity index (χ1) is 7.57. The van der Waals surface area contributed by atoms with Crippen LogP contribution in [0.15, 0.2) is 0 Å². The second-order valence-corrected chi connectivity index (χ2v) is 5.52. The summed E-state index contributed by atoms with van der Waals surface area (Å²) in [5, 5.41) is 10.5. The van der Waals surface area contributed by atoms with E-state index < -0.39 is 0 Å². The molecule has 0 aromatic rings. The average molecular weight is 228 g/mol. The van der Waals surface area contributed by atoms with Crippen LogP contribution in [0.5, 0.6) is 0 Å². The van der Waals surface area contributed by atoms with Crippen LogP contribution in [-0.4, -0.2) is 23.9 Å². The van der Waals surface area contributed by atoms with E-state index >= 15 is 0 Å². The van der Waals surface area contributed by atoms with Gasteiger partial charge in [-0.05, 0) is 38.0 Å². The van der Waals surface area contributed by atoms with Crippen molar-refractivity contribution in [2.24, 2.45) is 11.8 Å². The molecule has 1 aliphatic rings. The summed E-state index contributed by atoms with van der Waals surface area (Å²) in [7, 11) is 1.72. The first-order valence-electron chi connectivity index (χ1n) is 6.80. The molecule has 96 valence electrons. The zero-order chi connectivity index (χ0) is 12.2. The van der Waals surface area contributed by atoms with Gasteiger partial charge in [0.15, 0.2) is 0 Å². The van der Waals surface area contributed by atoms with Gasteiger partial charge in [-0.1, -0.05) is 33.1 Å². The van der Waals surface area contributed by atoms with Gasteiger partial charge >= 0.3 is 0 Å². The molecule has 0 aromatic heterocycles. The maximum atomic E-state index is 10.5. The zero-order valence-corrected chi connectivity index (χ0v) is 11.3. The van der Waals surface area contributed by atoms with E-state index in [2.05, 4.69) is 13.8 Å². The fourth-order valence-electron chi connectivity index (χ4n) is 2.96. The van der Waals surface area contributed by atoms with Crippen molar-refractivity contribution in [1.82, 2.24) is 0 Å². The minimum Gasteiger partial charge on any atom is -0.390 e. The molecule has 1 saturated carbocycles. The number of hydrogen-bond acceptors (Lipinski definition) is 2. The van der Waals surface area contributed by atoms with Crippen molar-refractivity contribution in [1.29, 1.82) is 0 Å². The molecule has 1 rings (SSSR count). The van der Waals surface area contributed by atoms with Gasteiger partial charge in [0.05, 0.1) is 11.7 Å². The molecule has 0 aliphatic heterocycles. The second-order valence-electron chi connectivity index (χ2n) is 5.52. The molecule has 4 unspecified atom stereocenters. The Labute approximate surface area is 100 Å². The third kappa shape index (κ3) is 2.98. The van der Waals surface area contributed by atoms with Gasteiger partial charge in [-0.3, -0.25) is 0 Å². The minimum atomic E-state index is -0.361. The fraction of sp³-hybridized carbons (Fsp3) is 1.00. The van der Waals surface area contributed by atoms with Gasteiger partial charge in [0, 0.05) is 7.11 Å². The van der Waals surface area contributed by atoms with Crippen LogP contribution < -0.4 is 0 Å². The molecule has 0 spiro atoms. The van der Waals surface area contributed by atoms with E-state index in [0.717, 1.165) is 18.8 Å². The zero-order valence-electron chi connectivity index (χ0n) is 11.3. The average Bonchev–Trinajstić information content (AvgIpc) is 2.37. The highest BCUT2D eigenvalue weighted by Crippen LogP contribution is 2.37. The predicted molar refractivity (Wildman–Crippen MR) is 67.5 cm³/mol. The number of aliphatic hydroxyl groups is 1. The molecule has 16 heavy (non-hydrogen) atoms. The fourth-order valence-corrected chi connectivity index (χ4v) is 2.96. The normalized spacial score (nSPS) is 32.1.